The van der Waals surface area contributed by atoms with Gasteiger partial charge in [0.1, 0.15) is 12.3 Å². The predicted molar refractivity (Wildman–Crippen MR) is 119 cm³/mol. The number of carbonyl (C=O) groups is 3. The number of amides is 3. The van der Waals surface area contributed by atoms with E-state index in [0.29, 0.717) is 18.0 Å². The van der Waals surface area contributed by atoms with Gasteiger partial charge in [-0.2, -0.15) is 0 Å². The minimum absolute atomic E-state index is 0.0425. The minimum Gasteiger partial charge on any atom is -0.467 e. The number of halogens is 1. The van der Waals surface area contributed by atoms with Crippen molar-refractivity contribution < 1.29 is 18.8 Å². The number of rotatable bonds is 7. The van der Waals surface area contributed by atoms with Crippen molar-refractivity contribution in [3.05, 3.63) is 52.9 Å². The number of carbonyl (C=O) groups excluding carboxylic acids is 3. The molecule has 8 heteroatoms. The zero-order valence-corrected chi connectivity index (χ0v) is 18.8. The Balaban J connectivity index is 1.45. The van der Waals surface area contributed by atoms with Gasteiger partial charge >= 0.3 is 0 Å². The number of nitrogens with one attached hydrogen (secondary N) is 1. The molecule has 0 bridgehead atoms. The van der Waals surface area contributed by atoms with Gasteiger partial charge in [0.2, 0.25) is 17.7 Å². The smallest absolute Gasteiger partial charge is 0.244 e. The van der Waals surface area contributed by atoms with E-state index in [1.807, 2.05) is 23.1 Å². The van der Waals surface area contributed by atoms with Gasteiger partial charge in [0, 0.05) is 23.5 Å². The highest BCUT2D eigenvalue weighted by atomic mass is 79.9. The molecule has 1 aromatic carbocycles. The fraction of sp³-hybridized carbons (Fsp3) is 0.435. The second-order valence-corrected chi connectivity index (χ2v) is 9.04. The Labute approximate surface area is 189 Å². The molecule has 1 saturated carbocycles. The van der Waals surface area contributed by atoms with Crippen molar-refractivity contribution in [3.63, 3.8) is 0 Å². The molecule has 0 spiro atoms. The van der Waals surface area contributed by atoms with Gasteiger partial charge in [0.15, 0.2) is 0 Å². The quantitative estimate of drug-likeness (QED) is 0.643. The first kappa shape index (κ1) is 21.6. The summed E-state index contributed by atoms with van der Waals surface area (Å²) in [7, 11) is 0. The average molecular weight is 488 g/mol. The van der Waals surface area contributed by atoms with Crippen LogP contribution in [0.1, 0.15) is 37.9 Å². The highest BCUT2D eigenvalue weighted by molar-refractivity contribution is 9.10. The molecule has 1 aliphatic carbocycles. The number of anilines is 1. The summed E-state index contributed by atoms with van der Waals surface area (Å²) >= 11 is 3.41. The van der Waals surface area contributed by atoms with Gasteiger partial charge in [-0.15, -0.1) is 0 Å². The van der Waals surface area contributed by atoms with Gasteiger partial charge in [-0.3, -0.25) is 14.4 Å². The zero-order chi connectivity index (χ0) is 21.8. The van der Waals surface area contributed by atoms with Crippen molar-refractivity contribution in [2.24, 2.45) is 5.92 Å². The number of hydrogen-bond donors (Lipinski definition) is 1. The number of benzene rings is 1. The van der Waals surface area contributed by atoms with Gasteiger partial charge in [-0.1, -0.05) is 25.0 Å². The van der Waals surface area contributed by atoms with E-state index in [-0.39, 0.29) is 43.3 Å². The Morgan fingerprint density at radius 1 is 1.16 bits per heavy atom. The summed E-state index contributed by atoms with van der Waals surface area (Å²) in [5.41, 5.74) is 0.640. The second kappa shape index (κ2) is 9.68. The molecule has 2 heterocycles. The van der Waals surface area contributed by atoms with E-state index < -0.39 is 5.92 Å². The van der Waals surface area contributed by atoms with Crippen LogP contribution < -0.4 is 5.32 Å². The first-order chi connectivity index (χ1) is 15.0. The third kappa shape index (κ3) is 5.18. The first-order valence-corrected chi connectivity index (χ1v) is 11.5. The largest absolute Gasteiger partial charge is 0.467 e. The SMILES string of the molecule is O=C(CN(Cc1ccco1)C(=O)[C@H]1CC(=O)N(C2CCCC2)C1)Nc1ccccc1Br. The third-order valence-electron chi connectivity index (χ3n) is 5.99. The molecule has 2 aliphatic rings. The molecule has 2 aromatic rings. The number of para-hydroxylation sites is 1. The van der Waals surface area contributed by atoms with Crippen molar-refractivity contribution in [1.29, 1.82) is 0 Å². The molecule has 31 heavy (non-hydrogen) atoms. The molecule has 1 aromatic heterocycles. The van der Waals surface area contributed by atoms with Crippen LogP contribution in [-0.4, -0.2) is 46.7 Å². The summed E-state index contributed by atoms with van der Waals surface area (Å²) in [4.78, 5) is 42.0. The lowest BCUT2D eigenvalue weighted by atomic mass is 10.1. The van der Waals surface area contributed by atoms with E-state index in [0.717, 1.165) is 30.2 Å². The lowest BCUT2D eigenvalue weighted by Crippen LogP contribution is -2.42. The van der Waals surface area contributed by atoms with Crippen LogP contribution in [0.25, 0.3) is 0 Å². The Morgan fingerprint density at radius 2 is 1.94 bits per heavy atom. The lowest BCUT2D eigenvalue weighted by molar-refractivity contribution is -0.139. The fourth-order valence-electron chi connectivity index (χ4n) is 4.45. The van der Waals surface area contributed by atoms with Gasteiger partial charge in [0.05, 0.1) is 24.4 Å². The van der Waals surface area contributed by atoms with Crippen molar-refractivity contribution in [2.45, 2.75) is 44.7 Å². The topological polar surface area (TPSA) is 82.9 Å². The summed E-state index contributed by atoms with van der Waals surface area (Å²) in [6.07, 6.45) is 6.03. The molecule has 1 atom stereocenters. The van der Waals surface area contributed by atoms with Crippen LogP contribution in [0.2, 0.25) is 0 Å². The monoisotopic (exact) mass is 487 g/mol. The Hall–Kier alpha value is -2.61. The Morgan fingerprint density at radius 3 is 2.65 bits per heavy atom. The van der Waals surface area contributed by atoms with Crippen LogP contribution in [0.4, 0.5) is 5.69 Å². The van der Waals surface area contributed by atoms with E-state index in [9.17, 15) is 14.4 Å². The summed E-state index contributed by atoms with van der Waals surface area (Å²) in [6.45, 7) is 0.501. The van der Waals surface area contributed by atoms with E-state index in [1.165, 1.54) is 4.90 Å². The van der Waals surface area contributed by atoms with Crippen molar-refractivity contribution >= 4 is 39.3 Å². The van der Waals surface area contributed by atoms with E-state index in [2.05, 4.69) is 21.2 Å². The maximum absolute atomic E-state index is 13.3. The second-order valence-electron chi connectivity index (χ2n) is 8.19. The van der Waals surface area contributed by atoms with Gasteiger partial charge in [0.25, 0.3) is 0 Å². The molecule has 2 fully saturated rings. The number of hydrogen-bond acceptors (Lipinski definition) is 4. The van der Waals surface area contributed by atoms with Gasteiger partial charge in [-0.25, -0.2) is 0 Å². The standard InChI is InChI=1S/C23H26BrN3O4/c24-19-9-3-4-10-20(19)25-21(28)15-26(14-18-8-5-11-31-18)23(30)16-12-22(29)27(13-16)17-6-1-2-7-17/h3-5,8-11,16-17H,1-2,6-7,12-15H2,(H,25,28)/t16-/m0/s1. The van der Waals surface area contributed by atoms with Crippen LogP contribution in [0.3, 0.4) is 0 Å². The zero-order valence-electron chi connectivity index (χ0n) is 17.3. The van der Waals surface area contributed by atoms with Crippen LogP contribution >= 0.6 is 15.9 Å². The van der Waals surface area contributed by atoms with E-state index >= 15 is 0 Å². The summed E-state index contributed by atoms with van der Waals surface area (Å²) in [6, 6.07) is 11.1. The number of furan rings is 1. The van der Waals surface area contributed by atoms with Gasteiger partial charge < -0.3 is 19.5 Å². The highest BCUT2D eigenvalue weighted by Crippen LogP contribution is 2.30. The molecule has 3 amide bonds. The maximum Gasteiger partial charge on any atom is 0.244 e. The molecular weight excluding hydrogens is 462 g/mol. The van der Waals surface area contributed by atoms with Crippen molar-refractivity contribution in [3.8, 4) is 0 Å². The van der Waals surface area contributed by atoms with Crippen molar-refractivity contribution in [1.82, 2.24) is 9.80 Å². The molecule has 1 saturated heterocycles. The maximum atomic E-state index is 13.3. The van der Waals surface area contributed by atoms with E-state index in [1.54, 1.807) is 24.5 Å². The van der Waals surface area contributed by atoms with Crippen LogP contribution in [-0.2, 0) is 20.9 Å². The summed E-state index contributed by atoms with van der Waals surface area (Å²) in [5, 5.41) is 2.84. The molecule has 1 N–H and O–H groups in total. The Bertz CT molecular complexity index is 940. The number of nitrogens with zero attached hydrogens (tertiary/aromatic N) is 2. The fourth-order valence-corrected chi connectivity index (χ4v) is 4.84. The molecule has 1 aliphatic heterocycles. The Kier molecular flexibility index (Phi) is 6.75. The summed E-state index contributed by atoms with van der Waals surface area (Å²) < 4.78 is 6.17. The molecule has 7 nitrogen and oxygen atoms in total. The average Bonchev–Trinajstić information content (AvgIpc) is 3.50. The first-order valence-electron chi connectivity index (χ1n) is 10.7. The van der Waals surface area contributed by atoms with Crippen LogP contribution in [0.15, 0.2) is 51.6 Å². The molecule has 0 radical (unpaired) electrons. The minimum atomic E-state index is -0.431. The van der Waals surface area contributed by atoms with Crippen LogP contribution in [0.5, 0.6) is 0 Å². The summed E-state index contributed by atoms with van der Waals surface area (Å²) in [5.74, 6) is -0.282. The molecule has 0 unspecified atom stereocenters. The molecule has 4 rings (SSSR count). The normalized spacial score (nSPS) is 19.1. The predicted octanol–water partition coefficient (Wildman–Crippen LogP) is 3.80. The van der Waals surface area contributed by atoms with Gasteiger partial charge in [-0.05, 0) is 53.0 Å². The third-order valence-corrected chi connectivity index (χ3v) is 6.69. The van der Waals surface area contributed by atoms with Crippen molar-refractivity contribution in [2.75, 3.05) is 18.4 Å². The highest BCUT2D eigenvalue weighted by Gasteiger charge is 2.40. The number of likely N-dealkylation sites (tertiary alicyclic amines) is 1. The van der Waals surface area contributed by atoms with E-state index in [4.69, 9.17) is 4.42 Å². The molecular formula is C23H26BrN3O4. The molecule has 164 valence electrons. The lowest BCUT2D eigenvalue weighted by Gasteiger charge is -2.26. The van der Waals surface area contributed by atoms with Crippen LogP contribution in [0, 0.1) is 5.92 Å².